The Morgan fingerprint density at radius 2 is 1.89 bits per heavy atom. The molecule has 2 heterocycles. The zero-order valence-electron chi connectivity index (χ0n) is 20.1. The van der Waals surface area contributed by atoms with Gasteiger partial charge < -0.3 is 15.4 Å². The molecule has 9 heteroatoms. The zero-order chi connectivity index (χ0) is 25.7. The predicted molar refractivity (Wildman–Crippen MR) is 136 cm³/mol. The molecule has 1 saturated heterocycles. The highest BCUT2D eigenvalue weighted by molar-refractivity contribution is 7.12. The molecule has 2 atom stereocenters. The number of thiophene rings is 1. The average Bonchev–Trinajstić information content (AvgIpc) is 3.49. The number of ether oxygens (including phenoxy) is 1. The molecule has 188 valence electrons. The van der Waals surface area contributed by atoms with Gasteiger partial charge >= 0.3 is 6.09 Å². The lowest BCUT2D eigenvalue weighted by Crippen LogP contribution is -2.46. The Balaban J connectivity index is 1.58. The van der Waals surface area contributed by atoms with Crippen molar-refractivity contribution in [3.8, 4) is 0 Å². The van der Waals surface area contributed by atoms with Gasteiger partial charge in [-0.25, -0.2) is 9.18 Å². The van der Waals surface area contributed by atoms with Gasteiger partial charge in [-0.3, -0.25) is 14.5 Å². The van der Waals surface area contributed by atoms with Crippen molar-refractivity contribution in [2.75, 3.05) is 11.9 Å². The summed E-state index contributed by atoms with van der Waals surface area (Å²) in [6, 6.07) is 15.3. The summed E-state index contributed by atoms with van der Waals surface area (Å²) in [6.07, 6.45) is -0.725. The van der Waals surface area contributed by atoms with E-state index in [0.717, 1.165) is 6.42 Å². The third kappa shape index (κ3) is 6.09. The third-order valence-electron chi connectivity index (χ3n) is 5.86. The summed E-state index contributed by atoms with van der Waals surface area (Å²) in [5.41, 5.74) is 1.78. The van der Waals surface area contributed by atoms with Crippen LogP contribution in [0.25, 0.3) is 0 Å². The Bertz CT molecular complexity index is 1210. The summed E-state index contributed by atoms with van der Waals surface area (Å²) < 4.78 is 19.1. The molecule has 0 bridgehead atoms. The van der Waals surface area contributed by atoms with Crippen LogP contribution in [0.15, 0.2) is 66.0 Å². The quantitative estimate of drug-likeness (QED) is 0.406. The second-order valence-electron chi connectivity index (χ2n) is 9.03. The van der Waals surface area contributed by atoms with Crippen molar-refractivity contribution >= 4 is 34.9 Å². The molecule has 1 fully saturated rings. The largest absolute Gasteiger partial charge is 0.438 e. The Hall–Kier alpha value is -3.72. The summed E-state index contributed by atoms with van der Waals surface area (Å²) in [4.78, 5) is 40.7. The van der Waals surface area contributed by atoms with Crippen LogP contribution in [0, 0.1) is 11.7 Å². The van der Waals surface area contributed by atoms with Crippen molar-refractivity contribution in [3.05, 3.63) is 87.9 Å². The molecule has 7 nitrogen and oxygen atoms in total. The maximum absolute atomic E-state index is 13.4. The Morgan fingerprint density at radius 3 is 2.58 bits per heavy atom. The van der Waals surface area contributed by atoms with Crippen molar-refractivity contribution in [2.24, 2.45) is 5.92 Å². The summed E-state index contributed by atoms with van der Waals surface area (Å²) in [7, 11) is 0. The molecule has 0 radical (unpaired) electrons. The Kier molecular flexibility index (Phi) is 8.00. The topological polar surface area (TPSA) is 87.7 Å². The molecule has 36 heavy (non-hydrogen) atoms. The molecule has 1 aliphatic heterocycles. The monoisotopic (exact) mass is 509 g/mol. The molecule has 0 saturated carbocycles. The van der Waals surface area contributed by atoms with E-state index in [-0.39, 0.29) is 24.2 Å². The normalized spacial score (nSPS) is 17.2. The van der Waals surface area contributed by atoms with Gasteiger partial charge in [-0.05, 0) is 59.2 Å². The lowest BCUT2D eigenvalue weighted by atomic mass is 10.00. The van der Waals surface area contributed by atoms with Gasteiger partial charge in [0.15, 0.2) is 12.1 Å². The number of nitrogens with zero attached hydrogens (tertiary/aromatic N) is 1. The van der Waals surface area contributed by atoms with Crippen molar-refractivity contribution in [1.29, 1.82) is 0 Å². The van der Waals surface area contributed by atoms with Gasteiger partial charge in [-0.1, -0.05) is 44.2 Å². The molecule has 1 aromatic heterocycles. The minimum atomic E-state index is -0.932. The highest BCUT2D eigenvalue weighted by atomic mass is 32.1. The lowest BCUT2D eigenvalue weighted by molar-refractivity contribution is -0.126. The van der Waals surface area contributed by atoms with Crippen LogP contribution in [0.3, 0.4) is 0 Å². The number of cyclic esters (lactones) is 1. The van der Waals surface area contributed by atoms with Crippen LogP contribution in [0.1, 0.15) is 47.2 Å². The Labute approximate surface area is 213 Å². The van der Waals surface area contributed by atoms with Gasteiger partial charge in [0, 0.05) is 12.2 Å². The summed E-state index contributed by atoms with van der Waals surface area (Å²) in [5, 5.41) is 7.59. The van der Waals surface area contributed by atoms with Crippen LogP contribution in [0.5, 0.6) is 0 Å². The van der Waals surface area contributed by atoms with Crippen molar-refractivity contribution in [3.63, 3.8) is 0 Å². The molecule has 3 aromatic rings. The van der Waals surface area contributed by atoms with Gasteiger partial charge in [0.05, 0.1) is 11.4 Å². The molecule has 3 amide bonds. The summed E-state index contributed by atoms with van der Waals surface area (Å²) in [5.74, 6) is -0.556. The molecule has 0 aliphatic carbocycles. The molecular weight excluding hydrogens is 481 g/mol. The maximum atomic E-state index is 13.4. The van der Waals surface area contributed by atoms with Crippen molar-refractivity contribution in [2.45, 2.75) is 39.0 Å². The standard InChI is InChI=1S/C27H28FN3O4S/c1-17(2)12-13-29-26(33)23-24(35-27(34)31(23)16-18-8-10-20(28)11-9-18)19-5-3-6-21(15-19)30-25(32)22-7-4-14-36-22/h3-11,14-15,17,23-24H,12-13,16H2,1-2H3,(H,29,33)(H,30,32)/t23-,24-/m1/s1. The van der Waals surface area contributed by atoms with E-state index < -0.39 is 18.2 Å². The fourth-order valence-electron chi connectivity index (χ4n) is 3.98. The summed E-state index contributed by atoms with van der Waals surface area (Å²) in [6.45, 7) is 4.68. The minimum Gasteiger partial charge on any atom is -0.438 e. The molecule has 0 spiro atoms. The number of amides is 3. The predicted octanol–water partition coefficient (Wildman–Crippen LogP) is 5.36. The first-order chi connectivity index (χ1) is 17.3. The van der Waals surface area contributed by atoms with Gasteiger partial charge in [-0.2, -0.15) is 0 Å². The molecule has 4 rings (SSSR count). The van der Waals surface area contributed by atoms with E-state index in [9.17, 15) is 18.8 Å². The smallest absolute Gasteiger partial charge is 0.411 e. The maximum Gasteiger partial charge on any atom is 0.411 e. The second kappa shape index (κ2) is 11.3. The number of anilines is 1. The van der Waals surface area contributed by atoms with E-state index in [1.165, 1.54) is 28.4 Å². The van der Waals surface area contributed by atoms with E-state index in [4.69, 9.17) is 4.74 Å². The van der Waals surface area contributed by atoms with Crippen LogP contribution in [-0.2, 0) is 16.1 Å². The van der Waals surface area contributed by atoms with Crippen molar-refractivity contribution in [1.82, 2.24) is 10.2 Å². The first-order valence-corrected chi connectivity index (χ1v) is 12.6. The zero-order valence-corrected chi connectivity index (χ0v) is 20.9. The third-order valence-corrected chi connectivity index (χ3v) is 6.73. The number of rotatable bonds is 9. The van der Waals surface area contributed by atoms with Gasteiger partial charge in [0.1, 0.15) is 5.82 Å². The number of nitrogens with one attached hydrogen (secondary N) is 2. The van der Waals surface area contributed by atoms with Crippen LogP contribution in [-0.4, -0.2) is 35.4 Å². The van der Waals surface area contributed by atoms with Gasteiger partial charge in [-0.15, -0.1) is 11.3 Å². The number of halogens is 1. The number of carbonyl (C=O) groups excluding carboxylic acids is 3. The number of benzene rings is 2. The average molecular weight is 510 g/mol. The van der Waals surface area contributed by atoms with E-state index in [0.29, 0.717) is 34.2 Å². The number of carbonyl (C=O) groups is 3. The fourth-order valence-corrected chi connectivity index (χ4v) is 4.60. The molecule has 2 N–H and O–H groups in total. The first-order valence-electron chi connectivity index (χ1n) is 11.8. The Morgan fingerprint density at radius 1 is 1.11 bits per heavy atom. The molecular formula is C27H28FN3O4S. The molecule has 1 aliphatic rings. The SMILES string of the molecule is CC(C)CCNC(=O)[C@H]1[C@@H](c2cccc(NC(=O)c3cccs3)c2)OC(=O)N1Cc1ccc(F)cc1. The number of hydrogen-bond acceptors (Lipinski definition) is 5. The van der Waals surface area contributed by atoms with Gasteiger partial charge in [0.2, 0.25) is 5.91 Å². The first kappa shape index (κ1) is 25.4. The second-order valence-corrected chi connectivity index (χ2v) is 9.98. The molecule has 0 unspecified atom stereocenters. The van der Waals surface area contributed by atoms with Gasteiger partial charge in [0.25, 0.3) is 5.91 Å². The van der Waals surface area contributed by atoms with Crippen LogP contribution >= 0.6 is 11.3 Å². The lowest BCUT2D eigenvalue weighted by Gasteiger charge is -2.24. The van der Waals surface area contributed by atoms with E-state index in [2.05, 4.69) is 24.5 Å². The van der Waals surface area contributed by atoms with E-state index in [1.54, 1.807) is 48.5 Å². The van der Waals surface area contributed by atoms with Crippen molar-refractivity contribution < 1.29 is 23.5 Å². The van der Waals surface area contributed by atoms with E-state index in [1.807, 2.05) is 5.38 Å². The van der Waals surface area contributed by atoms with Crippen LogP contribution in [0.2, 0.25) is 0 Å². The van der Waals surface area contributed by atoms with Crippen LogP contribution in [0.4, 0.5) is 14.9 Å². The highest BCUT2D eigenvalue weighted by Gasteiger charge is 2.47. The summed E-state index contributed by atoms with van der Waals surface area (Å²) >= 11 is 1.33. The minimum absolute atomic E-state index is 0.0900. The van der Waals surface area contributed by atoms with E-state index >= 15 is 0 Å². The highest BCUT2D eigenvalue weighted by Crippen LogP contribution is 2.35. The fraction of sp³-hybridized carbons (Fsp3) is 0.296. The molecule has 2 aromatic carbocycles. The number of hydrogen-bond donors (Lipinski definition) is 2. The van der Waals surface area contributed by atoms with Crippen LogP contribution < -0.4 is 10.6 Å².